The molecule has 1 aromatic rings. The van der Waals surface area contributed by atoms with Crippen LogP contribution in [0.5, 0.6) is 0 Å². The van der Waals surface area contributed by atoms with Gasteiger partial charge in [-0.2, -0.15) is 0 Å². The van der Waals surface area contributed by atoms with Gasteiger partial charge in [-0.05, 0) is 19.9 Å². The van der Waals surface area contributed by atoms with Crippen LogP contribution in [0.2, 0.25) is 0 Å². The van der Waals surface area contributed by atoms with Gasteiger partial charge in [0.1, 0.15) is 0 Å². The predicted octanol–water partition coefficient (Wildman–Crippen LogP) is 1.44. The molecule has 20 heavy (non-hydrogen) atoms. The number of aryl methyl sites for hydroxylation is 1. The van der Waals surface area contributed by atoms with Gasteiger partial charge in [0.25, 0.3) is 0 Å². The fourth-order valence-electron chi connectivity index (χ4n) is 2.43. The largest absolute Gasteiger partial charge is 0.343 e. The number of rotatable bonds is 5. The summed E-state index contributed by atoms with van der Waals surface area (Å²) in [5.74, 6) is 0.470. The molecule has 0 aliphatic carbocycles. The average Bonchev–Trinajstić information content (AvgIpc) is 2.78. The van der Waals surface area contributed by atoms with Gasteiger partial charge < -0.3 is 10.2 Å². The summed E-state index contributed by atoms with van der Waals surface area (Å²) in [5.41, 5.74) is 1.13. The number of hydrogen-bond acceptors (Lipinski definition) is 6. The molecule has 1 aliphatic rings. The van der Waals surface area contributed by atoms with Crippen molar-refractivity contribution in [2.24, 2.45) is 0 Å². The first-order chi connectivity index (χ1) is 9.46. The molecule has 0 spiro atoms. The summed E-state index contributed by atoms with van der Waals surface area (Å²) < 4.78 is 23.3. The third-order valence-electron chi connectivity index (χ3n) is 3.55. The molecule has 1 unspecified atom stereocenters. The third kappa shape index (κ3) is 3.51. The first-order valence-electron chi connectivity index (χ1n) is 7.13. The Kier molecular flexibility index (Phi) is 5.04. The highest BCUT2D eigenvalue weighted by Gasteiger charge is 2.30. The fraction of sp³-hybridized carbons (Fsp3) is 0.769. The second-order valence-corrected chi connectivity index (χ2v) is 8.45. The second-order valence-electron chi connectivity index (χ2n) is 5.16. The van der Waals surface area contributed by atoms with Crippen molar-refractivity contribution >= 4 is 26.3 Å². The van der Waals surface area contributed by atoms with E-state index in [9.17, 15) is 8.42 Å². The predicted molar refractivity (Wildman–Crippen MR) is 84.3 cm³/mol. The van der Waals surface area contributed by atoms with Crippen LogP contribution in [0.3, 0.4) is 0 Å². The highest BCUT2D eigenvalue weighted by atomic mass is 32.2. The Morgan fingerprint density at radius 1 is 1.45 bits per heavy atom. The smallest absolute Gasteiger partial charge is 0.186 e. The minimum absolute atomic E-state index is 0.0107. The number of nitrogens with one attached hydrogen (secondary N) is 1. The van der Waals surface area contributed by atoms with Crippen LogP contribution in [0.4, 0.5) is 5.13 Å². The molecular formula is C13H23N3O2S2. The Bertz CT molecular complexity index is 554. The topological polar surface area (TPSA) is 62.3 Å². The molecular weight excluding hydrogens is 294 g/mol. The number of hydrogen-bond donors (Lipinski definition) is 1. The van der Waals surface area contributed by atoms with Crippen molar-refractivity contribution in [1.29, 1.82) is 0 Å². The molecule has 1 aromatic heterocycles. The molecule has 1 N–H and O–H groups in total. The maximum Gasteiger partial charge on any atom is 0.186 e. The minimum atomic E-state index is -2.87. The van der Waals surface area contributed by atoms with Crippen molar-refractivity contribution in [2.45, 2.75) is 39.8 Å². The molecule has 0 saturated carbocycles. The second kappa shape index (κ2) is 6.41. The number of anilines is 1. The van der Waals surface area contributed by atoms with Crippen LogP contribution >= 0.6 is 11.3 Å². The van der Waals surface area contributed by atoms with E-state index < -0.39 is 9.84 Å². The highest BCUT2D eigenvalue weighted by Crippen LogP contribution is 2.30. The van der Waals surface area contributed by atoms with Gasteiger partial charge in [-0.25, -0.2) is 13.4 Å². The summed E-state index contributed by atoms with van der Waals surface area (Å²) in [4.78, 5) is 8.12. The molecule has 0 amide bonds. The van der Waals surface area contributed by atoms with Crippen LogP contribution in [0.25, 0.3) is 0 Å². The molecule has 0 bridgehead atoms. The van der Waals surface area contributed by atoms with E-state index in [2.05, 4.69) is 24.1 Å². The van der Waals surface area contributed by atoms with E-state index in [-0.39, 0.29) is 17.5 Å². The van der Waals surface area contributed by atoms with Crippen LogP contribution in [0.15, 0.2) is 0 Å². The zero-order chi connectivity index (χ0) is 14.8. The molecule has 1 fully saturated rings. The molecule has 1 saturated heterocycles. The number of thiazole rings is 1. The van der Waals surface area contributed by atoms with Gasteiger partial charge in [0.15, 0.2) is 15.0 Å². The lowest BCUT2D eigenvalue weighted by Gasteiger charge is -2.32. The average molecular weight is 317 g/mol. The van der Waals surface area contributed by atoms with E-state index in [1.807, 2.05) is 6.92 Å². The van der Waals surface area contributed by atoms with E-state index in [4.69, 9.17) is 4.98 Å². The van der Waals surface area contributed by atoms with Crippen molar-refractivity contribution in [3.8, 4) is 0 Å². The summed E-state index contributed by atoms with van der Waals surface area (Å²) in [5, 5.41) is 4.31. The van der Waals surface area contributed by atoms with Crippen LogP contribution in [-0.4, -0.2) is 44.0 Å². The van der Waals surface area contributed by atoms with Crippen LogP contribution < -0.4 is 10.2 Å². The lowest BCUT2D eigenvalue weighted by molar-refractivity contribution is 0.568. The van der Waals surface area contributed by atoms with Crippen molar-refractivity contribution in [3.05, 3.63) is 10.6 Å². The molecule has 0 aromatic carbocycles. The normalized spacial score (nSPS) is 22.1. The van der Waals surface area contributed by atoms with Crippen LogP contribution in [0, 0.1) is 0 Å². The van der Waals surface area contributed by atoms with Crippen molar-refractivity contribution in [1.82, 2.24) is 10.3 Å². The molecule has 1 atom stereocenters. The van der Waals surface area contributed by atoms with Gasteiger partial charge in [-0.15, -0.1) is 11.3 Å². The van der Waals surface area contributed by atoms with E-state index in [0.29, 0.717) is 6.54 Å². The van der Waals surface area contributed by atoms with Crippen molar-refractivity contribution in [3.63, 3.8) is 0 Å². The number of aromatic nitrogens is 1. The maximum atomic E-state index is 11.7. The number of sulfone groups is 1. The summed E-state index contributed by atoms with van der Waals surface area (Å²) in [6, 6.07) is 0.0107. The van der Waals surface area contributed by atoms with Crippen LogP contribution in [0.1, 0.15) is 31.3 Å². The Morgan fingerprint density at radius 3 is 2.80 bits per heavy atom. The standard InChI is InChI=1S/C13H23N3O2S2/c1-4-11-12(8-14-5-2)19-13(15-11)16-6-7-20(17,18)9-10(16)3/h10,14H,4-9H2,1-3H3. The molecule has 2 heterocycles. The summed E-state index contributed by atoms with van der Waals surface area (Å²) in [6.07, 6.45) is 0.914. The van der Waals surface area contributed by atoms with Crippen molar-refractivity contribution in [2.75, 3.05) is 29.5 Å². The maximum absolute atomic E-state index is 11.7. The lowest BCUT2D eigenvalue weighted by Crippen LogP contribution is -2.47. The Labute approximate surface area is 125 Å². The molecule has 114 valence electrons. The Morgan fingerprint density at radius 2 is 2.20 bits per heavy atom. The Hall–Kier alpha value is -0.660. The number of nitrogens with zero attached hydrogens (tertiary/aromatic N) is 2. The minimum Gasteiger partial charge on any atom is -0.343 e. The summed E-state index contributed by atoms with van der Waals surface area (Å²) >= 11 is 1.69. The highest BCUT2D eigenvalue weighted by molar-refractivity contribution is 7.91. The first-order valence-corrected chi connectivity index (χ1v) is 9.77. The van der Waals surface area contributed by atoms with Gasteiger partial charge in [0, 0.05) is 24.0 Å². The molecule has 0 radical (unpaired) electrons. The third-order valence-corrected chi connectivity index (χ3v) is 6.48. The fourth-order valence-corrected chi connectivity index (χ4v) is 5.23. The van der Waals surface area contributed by atoms with Gasteiger partial charge in [0.2, 0.25) is 0 Å². The zero-order valence-corrected chi connectivity index (χ0v) is 14.0. The monoisotopic (exact) mass is 317 g/mol. The summed E-state index contributed by atoms with van der Waals surface area (Å²) in [7, 11) is -2.87. The van der Waals surface area contributed by atoms with E-state index in [0.717, 1.165) is 30.3 Å². The summed E-state index contributed by atoms with van der Waals surface area (Å²) in [6.45, 7) is 8.50. The zero-order valence-electron chi connectivity index (χ0n) is 12.3. The van der Waals surface area contributed by atoms with Gasteiger partial charge in [-0.3, -0.25) is 0 Å². The van der Waals surface area contributed by atoms with E-state index >= 15 is 0 Å². The molecule has 5 nitrogen and oxygen atoms in total. The first kappa shape index (κ1) is 15.7. The van der Waals surface area contributed by atoms with Crippen molar-refractivity contribution < 1.29 is 8.42 Å². The lowest BCUT2D eigenvalue weighted by atomic mass is 10.3. The van der Waals surface area contributed by atoms with Gasteiger partial charge >= 0.3 is 0 Å². The quantitative estimate of drug-likeness (QED) is 0.890. The molecule has 1 aliphatic heterocycles. The van der Waals surface area contributed by atoms with Gasteiger partial charge in [0.05, 0.1) is 17.2 Å². The SMILES string of the molecule is CCNCc1sc(N2CCS(=O)(=O)CC2C)nc1CC. The Balaban J connectivity index is 2.18. The van der Waals surface area contributed by atoms with Gasteiger partial charge in [-0.1, -0.05) is 13.8 Å². The van der Waals surface area contributed by atoms with Crippen LogP contribution in [-0.2, 0) is 22.8 Å². The molecule has 7 heteroatoms. The van der Waals surface area contributed by atoms with E-state index in [1.54, 1.807) is 11.3 Å². The molecule has 2 rings (SSSR count). The van der Waals surface area contributed by atoms with E-state index in [1.165, 1.54) is 4.88 Å².